The van der Waals surface area contributed by atoms with E-state index in [1.165, 1.54) is 12.8 Å². The Morgan fingerprint density at radius 2 is 1.56 bits per heavy atom. The van der Waals surface area contributed by atoms with Gasteiger partial charge in [0.05, 0.1) is 5.54 Å². The molecule has 0 aromatic rings. The molecule has 1 rings (SSSR count). The summed E-state index contributed by atoms with van der Waals surface area (Å²) in [5.41, 5.74) is 0.0929. The first kappa shape index (κ1) is 15.7. The highest BCUT2D eigenvalue weighted by Gasteiger charge is 2.41. The Labute approximate surface area is 113 Å². The zero-order valence-electron chi connectivity index (χ0n) is 13.0. The van der Waals surface area contributed by atoms with E-state index in [9.17, 15) is 4.79 Å². The zero-order valence-corrected chi connectivity index (χ0v) is 13.0. The van der Waals surface area contributed by atoms with Crippen LogP contribution >= 0.6 is 0 Å². The Balaban J connectivity index is 2.73. The summed E-state index contributed by atoms with van der Waals surface area (Å²) in [4.78, 5) is 15.2. The van der Waals surface area contributed by atoms with E-state index in [4.69, 9.17) is 0 Å². The summed E-state index contributed by atoms with van der Waals surface area (Å²) in [6.07, 6.45) is 6.19. The minimum absolute atomic E-state index is 0.165. The third-order valence-electron chi connectivity index (χ3n) is 4.50. The Bertz CT molecular complexity index is 267. The van der Waals surface area contributed by atoms with E-state index in [1.54, 1.807) is 0 Å². The van der Waals surface area contributed by atoms with Crippen LogP contribution < -0.4 is 0 Å². The number of nitrogens with zero attached hydrogens (tertiary/aromatic N) is 1. The van der Waals surface area contributed by atoms with Gasteiger partial charge >= 0.3 is 0 Å². The van der Waals surface area contributed by atoms with Crippen LogP contribution in [0.3, 0.4) is 0 Å². The third kappa shape index (κ3) is 3.57. The third-order valence-corrected chi connectivity index (χ3v) is 4.50. The van der Waals surface area contributed by atoms with Crippen molar-refractivity contribution in [1.29, 1.82) is 0 Å². The molecule has 1 aliphatic rings. The van der Waals surface area contributed by atoms with Gasteiger partial charge in [0.2, 0.25) is 0 Å². The van der Waals surface area contributed by atoms with Crippen molar-refractivity contribution in [2.75, 3.05) is 13.1 Å². The lowest BCUT2D eigenvalue weighted by molar-refractivity contribution is -0.132. The van der Waals surface area contributed by atoms with Crippen LogP contribution in [0.1, 0.15) is 73.1 Å². The van der Waals surface area contributed by atoms with Gasteiger partial charge in [0.1, 0.15) is 0 Å². The average Bonchev–Trinajstić information content (AvgIpc) is 2.82. The van der Waals surface area contributed by atoms with Crippen LogP contribution in [-0.4, -0.2) is 29.3 Å². The highest BCUT2D eigenvalue weighted by Crippen LogP contribution is 2.32. The highest BCUT2D eigenvalue weighted by atomic mass is 16.1. The average molecular weight is 253 g/mol. The van der Waals surface area contributed by atoms with Gasteiger partial charge in [-0.3, -0.25) is 9.69 Å². The number of ketones is 1. The molecule has 0 saturated carbocycles. The molecule has 0 atom stereocenters. The minimum atomic E-state index is -0.165. The Morgan fingerprint density at radius 1 is 1.06 bits per heavy atom. The largest absolute Gasteiger partial charge is 0.298 e. The first-order valence-electron chi connectivity index (χ1n) is 7.64. The maximum absolute atomic E-state index is 12.7. The van der Waals surface area contributed by atoms with Crippen molar-refractivity contribution in [3.05, 3.63) is 0 Å². The molecule has 106 valence electrons. The lowest BCUT2D eigenvalue weighted by Crippen LogP contribution is -2.52. The molecule has 0 amide bonds. The van der Waals surface area contributed by atoms with Crippen LogP contribution in [0, 0.1) is 5.41 Å². The molecule has 0 aromatic carbocycles. The van der Waals surface area contributed by atoms with Crippen LogP contribution in [0.25, 0.3) is 0 Å². The molecule has 2 heteroatoms. The summed E-state index contributed by atoms with van der Waals surface area (Å²) < 4.78 is 0. The number of rotatable bonds is 6. The lowest BCUT2D eigenvalue weighted by atomic mass is 9.80. The second-order valence-corrected chi connectivity index (χ2v) is 6.92. The van der Waals surface area contributed by atoms with Crippen LogP contribution in [-0.2, 0) is 4.79 Å². The molecule has 1 fully saturated rings. The number of likely N-dealkylation sites (tertiary alicyclic amines) is 1. The Hall–Kier alpha value is -0.370. The molecule has 1 aliphatic heterocycles. The summed E-state index contributed by atoms with van der Waals surface area (Å²) in [5, 5.41) is 0. The van der Waals surface area contributed by atoms with Crippen molar-refractivity contribution in [3.63, 3.8) is 0 Å². The fourth-order valence-electron chi connectivity index (χ4n) is 3.13. The van der Waals surface area contributed by atoms with E-state index in [1.807, 2.05) is 0 Å². The molecule has 0 N–H and O–H groups in total. The second-order valence-electron chi connectivity index (χ2n) is 6.92. The number of hydrogen-bond acceptors (Lipinski definition) is 2. The van der Waals surface area contributed by atoms with Gasteiger partial charge in [0.15, 0.2) is 5.78 Å². The second kappa shape index (κ2) is 6.18. The van der Waals surface area contributed by atoms with E-state index < -0.39 is 0 Å². The molecule has 0 spiro atoms. The summed E-state index contributed by atoms with van der Waals surface area (Å²) in [6.45, 7) is 13.2. The lowest BCUT2D eigenvalue weighted by Gasteiger charge is -2.40. The molecule has 0 unspecified atom stereocenters. The van der Waals surface area contributed by atoms with E-state index >= 15 is 0 Å². The predicted molar refractivity (Wildman–Crippen MR) is 77.8 cm³/mol. The maximum Gasteiger partial charge on any atom is 0.153 e. The van der Waals surface area contributed by atoms with Gasteiger partial charge < -0.3 is 0 Å². The monoisotopic (exact) mass is 253 g/mol. The molecule has 18 heavy (non-hydrogen) atoms. The van der Waals surface area contributed by atoms with Crippen molar-refractivity contribution in [1.82, 2.24) is 4.90 Å². The van der Waals surface area contributed by atoms with Crippen molar-refractivity contribution < 1.29 is 4.79 Å². The van der Waals surface area contributed by atoms with Gasteiger partial charge in [-0.05, 0) is 50.6 Å². The van der Waals surface area contributed by atoms with E-state index in [2.05, 4.69) is 39.5 Å². The SMILES string of the molecule is CCC(CC)(C(=O)CCC(C)(C)C)N1CCCC1. The fourth-order valence-corrected chi connectivity index (χ4v) is 3.13. The molecular weight excluding hydrogens is 222 g/mol. The Morgan fingerprint density at radius 3 is 1.94 bits per heavy atom. The maximum atomic E-state index is 12.7. The normalized spacial score (nSPS) is 18.3. The summed E-state index contributed by atoms with van der Waals surface area (Å²) >= 11 is 0. The van der Waals surface area contributed by atoms with Gasteiger partial charge in [-0.2, -0.15) is 0 Å². The minimum Gasteiger partial charge on any atom is -0.298 e. The van der Waals surface area contributed by atoms with Crippen LogP contribution in [0.15, 0.2) is 0 Å². The predicted octanol–water partition coefficient (Wildman–Crippen LogP) is 4.04. The van der Waals surface area contributed by atoms with Gasteiger partial charge in [0, 0.05) is 6.42 Å². The molecular formula is C16H31NO. The molecule has 1 heterocycles. The van der Waals surface area contributed by atoms with Crippen molar-refractivity contribution in [3.8, 4) is 0 Å². The first-order valence-corrected chi connectivity index (χ1v) is 7.64. The van der Waals surface area contributed by atoms with E-state index in [-0.39, 0.29) is 11.0 Å². The quantitative estimate of drug-likeness (QED) is 0.712. The summed E-state index contributed by atoms with van der Waals surface area (Å²) in [6, 6.07) is 0. The van der Waals surface area contributed by atoms with Gasteiger partial charge in [-0.15, -0.1) is 0 Å². The van der Waals surface area contributed by atoms with Crippen molar-refractivity contribution in [2.45, 2.75) is 78.7 Å². The van der Waals surface area contributed by atoms with Crippen LogP contribution in [0.2, 0.25) is 0 Å². The molecule has 0 aromatic heterocycles. The first-order chi connectivity index (χ1) is 8.35. The Kier molecular flexibility index (Phi) is 5.39. The zero-order chi connectivity index (χ0) is 13.8. The smallest absolute Gasteiger partial charge is 0.153 e. The number of carbonyl (C=O) groups is 1. The molecule has 2 nitrogen and oxygen atoms in total. The van der Waals surface area contributed by atoms with Crippen molar-refractivity contribution >= 4 is 5.78 Å². The molecule has 0 aliphatic carbocycles. The fraction of sp³-hybridized carbons (Fsp3) is 0.938. The van der Waals surface area contributed by atoms with E-state index in [0.717, 1.165) is 38.8 Å². The number of carbonyl (C=O) groups excluding carboxylic acids is 1. The van der Waals surface area contributed by atoms with Gasteiger partial charge in [0.25, 0.3) is 0 Å². The van der Waals surface area contributed by atoms with Crippen LogP contribution in [0.5, 0.6) is 0 Å². The number of Topliss-reactive ketones (excluding diaryl/α,β-unsaturated/α-hetero) is 1. The summed E-state index contributed by atoms with van der Waals surface area (Å²) in [5.74, 6) is 0.476. The molecule has 0 bridgehead atoms. The number of hydrogen-bond donors (Lipinski definition) is 0. The van der Waals surface area contributed by atoms with Gasteiger partial charge in [-0.1, -0.05) is 34.6 Å². The highest BCUT2D eigenvalue weighted by molar-refractivity contribution is 5.88. The molecule has 0 radical (unpaired) electrons. The topological polar surface area (TPSA) is 20.3 Å². The molecule has 1 saturated heterocycles. The van der Waals surface area contributed by atoms with Gasteiger partial charge in [-0.25, -0.2) is 0 Å². The van der Waals surface area contributed by atoms with Crippen molar-refractivity contribution in [2.24, 2.45) is 5.41 Å². The summed E-state index contributed by atoms with van der Waals surface area (Å²) in [7, 11) is 0. The van der Waals surface area contributed by atoms with Crippen LogP contribution in [0.4, 0.5) is 0 Å². The standard InChI is InChI=1S/C16H31NO/c1-6-16(7-2,17-12-8-9-13-17)14(18)10-11-15(3,4)5/h6-13H2,1-5H3. The van der Waals surface area contributed by atoms with E-state index in [0.29, 0.717) is 5.78 Å².